The lowest BCUT2D eigenvalue weighted by atomic mass is 9.67. The third-order valence-corrected chi connectivity index (χ3v) is 3.93. The van der Waals surface area contributed by atoms with E-state index in [-0.39, 0.29) is 35.8 Å². The third kappa shape index (κ3) is 1.87. The van der Waals surface area contributed by atoms with Crippen molar-refractivity contribution >= 4 is 18.3 Å². The van der Waals surface area contributed by atoms with E-state index in [1.54, 1.807) is 0 Å². The van der Waals surface area contributed by atoms with Gasteiger partial charge < -0.3 is 10.6 Å². The second-order valence-corrected chi connectivity index (χ2v) is 5.09. The van der Waals surface area contributed by atoms with E-state index >= 15 is 0 Å². The van der Waals surface area contributed by atoms with E-state index in [1.807, 2.05) is 18.7 Å². The molecule has 1 spiro atoms. The van der Waals surface area contributed by atoms with Crippen molar-refractivity contribution in [2.24, 2.45) is 11.7 Å². The summed E-state index contributed by atoms with van der Waals surface area (Å²) in [6.07, 6.45) is 4.87. The zero-order chi connectivity index (χ0) is 10.3. The molecule has 3 nitrogen and oxygen atoms in total. The van der Waals surface area contributed by atoms with Crippen LogP contribution in [0.5, 0.6) is 0 Å². The molecule has 0 aromatic heterocycles. The first kappa shape index (κ1) is 12.8. The van der Waals surface area contributed by atoms with E-state index in [2.05, 4.69) is 0 Å². The van der Waals surface area contributed by atoms with Crippen LogP contribution in [0.2, 0.25) is 0 Å². The molecule has 1 aliphatic heterocycles. The second kappa shape index (κ2) is 4.30. The van der Waals surface area contributed by atoms with Crippen LogP contribution in [-0.2, 0) is 4.79 Å². The minimum atomic E-state index is -0.298. The maximum Gasteiger partial charge on any atom is 0.240 e. The Labute approximate surface area is 97.8 Å². The van der Waals surface area contributed by atoms with E-state index in [1.165, 1.54) is 25.7 Å². The van der Waals surface area contributed by atoms with Crippen LogP contribution in [0.1, 0.15) is 39.5 Å². The smallest absolute Gasteiger partial charge is 0.240 e. The van der Waals surface area contributed by atoms with Gasteiger partial charge in [0.25, 0.3) is 0 Å². The van der Waals surface area contributed by atoms with E-state index in [0.717, 1.165) is 6.54 Å². The van der Waals surface area contributed by atoms with Crippen LogP contribution in [0.4, 0.5) is 0 Å². The molecule has 2 aliphatic rings. The fourth-order valence-corrected chi connectivity index (χ4v) is 2.45. The normalized spacial score (nSPS) is 24.1. The number of likely N-dealkylation sites (tertiary alicyclic amines) is 1. The molecule has 4 heteroatoms. The SMILES string of the molecule is CC(C)[C@@H](N)C(=O)N1CCC12CCC2.Cl. The van der Waals surface area contributed by atoms with Crippen molar-refractivity contribution in [1.82, 2.24) is 4.90 Å². The zero-order valence-corrected chi connectivity index (χ0v) is 10.3. The number of halogens is 1. The van der Waals surface area contributed by atoms with Gasteiger partial charge in [0.05, 0.1) is 6.04 Å². The number of hydrogen-bond donors (Lipinski definition) is 1. The fraction of sp³-hybridized carbons (Fsp3) is 0.909. The summed E-state index contributed by atoms with van der Waals surface area (Å²) in [4.78, 5) is 14.0. The van der Waals surface area contributed by atoms with Crippen LogP contribution in [0, 0.1) is 5.92 Å². The number of nitrogens with zero attached hydrogens (tertiary/aromatic N) is 1. The second-order valence-electron chi connectivity index (χ2n) is 5.09. The Morgan fingerprint density at radius 3 is 2.20 bits per heavy atom. The highest BCUT2D eigenvalue weighted by molar-refractivity contribution is 5.85. The highest BCUT2D eigenvalue weighted by Crippen LogP contribution is 2.47. The number of amides is 1. The summed E-state index contributed by atoms with van der Waals surface area (Å²) in [6.45, 7) is 4.95. The molecule has 0 aromatic carbocycles. The van der Waals surface area contributed by atoms with Crippen molar-refractivity contribution in [1.29, 1.82) is 0 Å². The summed E-state index contributed by atoms with van der Waals surface area (Å²) >= 11 is 0. The minimum absolute atomic E-state index is 0. The van der Waals surface area contributed by atoms with Crippen LogP contribution in [0.15, 0.2) is 0 Å². The molecule has 2 rings (SSSR count). The Morgan fingerprint density at radius 2 is 1.93 bits per heavy atom. The van der Waals surface area contributed by atoms with E-state index in [0.29, 0.717) is 0 Å². The monoisotopic (exact) mass is 232 g/mol. The lowest BCUT2D eigenvalue weighted by Gasteiger charge is -2.59. The lowest BCUT2D eigenvalue weighted by Crippen LogP contribution is -2.68. The molecular weight excluding hydrogens is 212 g/mol. The van der Waals surface area contributed by atoms with Gasteiger partial charge in [-0.3, -0.25) is 4.79 Å². The molecule has 2 fully saturated rings. The van der Waals surface area contributed by atoms with Gasteiger partial charge in [-0.2, -0.15) is 0 Å². The van der Waals surface area contributed by atoms with Crippen LogP contribution in [0.3, 0.4) is 0 Å². The average Bonchev–Trinajstić information content (AvgIpc) is 1.97. The molecule has 1 aliphatic carbocycles. The first-order valence-corrected chi connectivity index (χ1v) is 5.64. The predicted molar refractivity (Wildman–Crippen MR) is 63.0 cm³/mol. The van der Waals surface area contributed by atoms with Crippen LogP contribution < -0.4 is 5.73 Å². The van der Waals surface area contributed by atoms with Gasteiger partial charge in [-0.1, -0.05) is 13.8 Å². The van der Waals surface area contributed by atoms with Gasteiger partial charge >= 0.3 is 0 Å². The maximum atomic E-state index is 12.0. The predicted octanol–water partition coefficient (Wildman–Crippen LogP) is 1.55. The number of carbonyl (C=O) groups is 1. The van der Waals surface area contributed by atoms with Crippen molar-refractivity contribution in [3.8, 4) is 0 Å². The molecule has 0 radical (unpaired) electrons. The largest absolute Gasteiger partial charge is 0.336 e. The highest BCUT2D eigenvalue weighted by Gasteiger charge is 2.51. The Hall–Kier alpha value is -0.280. The first-order valence-electron chi connectivity index (χ1n) is 5.64. The molecule has 0 aromatic rings. The van der Waals surface area contributed by atoms with Gasteiger partial charge in [-0.25, -0.2) is 0 Å². The van der Waals surface area contributed by atoms with Gasteiger partial charge in [0, 0.05) is 12.1 Å². The lowest BCUT2D eigenvalue weighted by molar-refractivity contribution is -0.158. The molecular formula is C11H21ClN2O. The average molecular weight is 233 g/mol. The van der Waals surface area contributed by atoms with Gasteiger partial charge in [-0.05, 0) is 31.6 Å². The molecule has 1 atom stereocenters. The Morgan fingerprint density at radius 1 is 1.33 bits per heavy atom. The highest BCUT2D eigenvalue weighted by atomic mass is 35.5. The van der Waals surface area contributed by atoms with Crippen LogP contribution in [0.25, 0.3) is 0 Å². The zero-order valence-electron chi connectivity index (χ0n) is 9.53. The molecule has 88 valence electrons. The summed E-state index contributed by atoms with van der Waals surface area (Å²) in [5.41, 5.74) is 6.13. The molecule has 1 amide bonds. The van der Waals surface area contributed by atoms with Crippen molar-refractivity contribution in [3.63, 3.8) is 0 Å². The molecule has 2 N–H and O–H groups in total. The summed E-state index contributed by atoms with van der Waals surface area (Å²) < 4.78 is 0. The fourth-order valence-electron chi connectivity index (χ4n) is 2.45. The Kier molecular flexibility index (Phi) is 3.67. The molecule has 0 bridgehead atoms. The quantitative estimate of drug-likeness (QED) is 0.785. The van der Waals surface area contributed by atoms with Crippen LogP contribution >= 0.6 is 12.4 Å². The molecule has 1 heterocycles. The van der Waals surface area contributed by atoms with Crippen molar-refractivity contribution in [2.45, 2.75) is 51.1 Å². The van der Waals surface area contributed by atoms with Crippen LogP contribution in [-0.4, -0.2) is 28.9 Å². The third-order valence-electron chi connectivity index (χ3n) is 3.93. The molecule has 1 saturated carbocycles. The number of carbonyl (C=O) groups excluding carboxylic acids is 1. The number of rotatable bonds is 2. The Balaban J connectivity index is 0.00000112. The summed E-state index contributed by atoms with van der Waals surface area (Å²) in [5.74, 6) is 0.422. The topological polar surface area (TPSA) is 46.3 Å². The Bertz CT molecular complexity index is 245. The van der Waals surface area contributed by atoms with Crippen molar-refractivity contribution < 1.29 is 4.79 Å². The molecule has 0 unspecified atom stereocenters. The van der Waals surface area contributed by atoms with E-state index in [9.17, 15) is 4.79 Å². The van der Waals surface area contributed by atoms with E-state index in [4.69, 9.17) is 5.73 Å². The standard InChI is InChI=1S/C11H20N2O.ClH/c1-8(2)9(12)10(14)13-7-6-11(13)4-3-5-11;/h8-9H,3-7,12H2,1-2H3;1H/t9-;/m1./s1. The summed E-state index contributed by atoms with van der Waals surface area (Å²) in [7, 11) is 0. The summed E-state index contributed by atoms with van der Waals surface area (Å²) in [5, 5.41) is 0. The maximum absolute atomic E-state index is 12.0. The number of hydrogen-bond acceptors (Lipinski definition) is 2. The first-order chi connectivity index (χ1) is 6.57. The van der Waals surface area contributed by atoms with E-state index < -0.39 is 0 Å². The minimum Gasteiger partial charge on any atom is -0.336 e. The van der Waals surface area contributed by atoms with Gasteiger partial charge in [0.1, 0.15) is 0 Å². The van der Waals surface area contributed by atoms with Crippen molar-refractivity contribution in [2.75, 3.05) is 6.54 Å². The van der Waals surface area contributed by atoms with Gasteiger partial charge in [0.2, 0.25) is 5.91 Å². The van der Waals surface area contributed by atoms with Gasteiger partial charge in [0.15, 0.2) is 0 Å². The van der Waals surface area contributed by atoms with Crippen molar-refractivity contribution in [3.05, 3.63) is 0 Å². The summed E-state index contributed by atoms with van der Waals surface area (Å²) in [6, 6.07) is -0.298. The molecule has 1 saturated heterocycles. The molecule has 15 heavy (non-hydrogen) atoms. The number of nitrogens with two attached hydrogens (primary N) is 1. The van der Waals surface area contributed by atoms with Gasteiger partial charge in [-0.15, -0.1) is 12.4 Å².